The number of nitriles is 1. The molecule has 0 aromatic rings. The Morgan fingerprint density at radius 1 is 2.00 bits per heavy atom. The molecule has 0 bridgehead atoms. The molecule has 44 valence electrons. The standard InChI is InChI=1S/C5H8N2O/c1-5(4-8)7-3-2-6/h4-5,7H,3H2,1H3/t5-/m0/s1. The van der Waals surface area contributed by atoms with Crippen molar-refractivity contribution >= 4 is 6.29 Å². The minimum atomic E-state index is -0.199. The fraction of sp³-hybridized carbons (Fsp3) is 0.600. The molecule has 0 amide bonds. The molecule has 0 rings (SSSR count). The smallest absolute Gasteiger partial charge is 0.136 e. The van der Waals surface area contributed by atoms with Crippen LogP contribution in [-0.2, 0) is 4.79 Å². The lowest BCUT2D eigenvalue weighted by Crippen LogP contribution is -2.27. The molecule has 0 heterocycles. The molecule has 0 saturated heterocycles. The Hall–Kier alpha value is -0.880. The van der Waals surface area contributed by atoms with Crippen LogP contribution < -0.4 is 5.32 Å². The highest BCUT2D eigenvalue weighted by Crippen LogP contribution is 1.68. The first-order chi connectivity index (χ1) is 3.81. The van der Waals surface area contributed by atoms with E-state index in [1.807, 2.05) is 6.07 Å². The van der Waals surface area contributed by atoms with Crippen LogP contribution in [0.15, 0.2) is 0 Å². The summed E-state index contributed by atoms with van der Waals surface area (Å²) in [6.45, 7) is 1.93. The maximum Gasteiger partial charge on any atom is 0.136 e. The van der Waals surface area contributed by atoms with Crippen LogP contribution >= 0.6 is 0 Å². The number of carbonyl (C=O) groups excluding carboxylic acids is 1. The Labute approximate surface area is 48.3 Å². The van der Waals surface area contributed by atoms with Gasteiger partial charge in [-0.15, -0.1) is 0 Å². The Bertz CT molecular complexity index is 105. The Morgan fingerprint density at radius 3 is 3.00 bits per heavy atom. The molecule has 3 nitrogen and oxygen atoms in total. The zero-order valence-electron chi connectivity index (χ0n) is 4.72. The van der Waals surface area contributed by atoms with Crippen molar-refractivity contribution in [2.45, 2.75) is 13.0 Å². The minimum absolute atomic E-state index is 0.199. The van der Waals surface area contributed by atoms with E-state index < -0.39 is 0 Å². The second-order valence-electron chi connectivity index (χ2n) is 1.46. The monoisotopic (exact) mass is 112 g/mol. The summed E-state index contributed by atoms with van der Waals surface area (Å²) in [7, 11) is 0. The molecule has 0 aliphatic rings. The van der Waals surface area contributed by atoms with E-state index in [1.165, 1.54) is 0 Å². The third-order valence-corrected chi connectivity index (χ3v) is 0.707. The van der Waals surface area contributed by atoms with Gasteiger partial charge in [0, 0.05) is 0 Å². The number of hydrogen-bond acceptors (Lipinski definition) is 3. The lowest BCUT2D eigenvalue weighted by molar-refractivity contribution is -0.109. The van der Waals surface area contributed by atoms with Gasteiger partial charge in [-0.3, -0.25) is 5.32 Å². The molecule has 0 spiro atoms. The average Bonchev–Trinajstić information content (AvgIpc) is 1.83. The van der Waals surface area contributed by atoms with Crippen LogP contribution in [0.1, 0.15) is 6.92 Å². The van der Waals surface area contributed by atoms with Crippen molar-refractivity contribution in [2.24, 2.45) is 0 Å². The molecule has 0 saturated carbocycles. The highest BCUT2D eigenvalue weighted by molar-refractivity contribution is 5.56. The van der Waals surface area contributed by atoms with Crippen LogP contribution in [0.5, 0.6) is 0 Å². The van der Waals surface area contributed by atoms with Crippen LogP contribution in [0.3, 0.4) is 0 Å². The Balaban J connectivity index is 3.13. The van der Waals surface area contributed by atoms with Crippen molar-refractivity contribution in [3.8, 4) is 6.07 Å². The molecule has 0 aliphatic carbocycles. The molecule has 0 unspecified atom stereocenters. The van der Waals surface area contributed by atoms with Gasteiger partial charge in [0.05, 0.1) is 18.7 Å². The molecule has 8 heavy (non-hydrogen) atoms. The predicted octanol–water partition coefficient (Wildman–Crippen LogP) is -0.313. The van der Waals surface area contributed by atoms with E-state index in [0.29, 0.717) is 0 Å². The van der Waals surface area contributed by atoms with Gasteiger partial charge in [-0.1, -0.05) is 0 Å². The highest BCUT2D eigenvalue weighted by Gasteiger charge is 1.92. The number of aldehydes is 1. The molecule has 0 fully saturated rings. The second-order valence-corrected chi connectivity index (χ2v) is 1.46. The summed E-state index contributed by atoms with van der Waals surface area (Å²) in [6, 6.07) is 1.66. The maximum absolute atomic E-state index is 9.84. The lowest BCUT2D eigenvalue weighted by Gasteiger charge is -1.98. The maximum atomic E-state index is 9.84. The largest absolute Gasteiger partial charge is 0.302 e. The number of nitrogens with zero attached hydrogens (tertiary/aromatic N) is 1. The zero-order valence-corrected chi connectivity index (χ0v) is 4.72. The van der Waals surface area contributed by atoms with E-state index in [0.717, 1.165) is 6.29 Å². The van der Waals surface area contributed by atoms with Crippen molar-refractivity contribution in [1.29, 1.82) is 5.26 Å². The van der Waals surface area contributed by atoms with Crippen molar-refractivity contribution in [1.82, 2.24) is 5.32 Å². The van der Waals surface area contributed by atoms with Crippen LogP contribution in [0.4, 0.5) is 0 Å². The van der Waals surface area contributed by atoms with Crippen molar-refractivity contribution in [3.63, 3.8) is 0 Å². The van der Waals surface area contributed by atoms with Crippen LogP contribution in [-0.4, -0.2) is 18.9 Å². The minimum Gasteiger partial charge on any atom is -0.302 e. The van der Waals surface area contributed by atoms with Crippen molar-refractivity contribution in [2.75, 3.05) is 6.54 Å². The third-order valence-electron chi connectivity index (χ3n) is 0.707. The summed E-state index contributed by atoms with van der Waals surface area (Å²) in [5.74, 6) is 0. The molecular weight excluding hydrogens is 104 g/mol. The first kappa shape index (κ1) is 7.12. The summed E-state index contributed by atoms with van der Waals surface area (Å²) < 4.78 is 0. The van der Waals surface area contributed by atoms with E-state index in [-0.39, 0.29) is 12.6 Å². The van der Waals surface area contributed by atoms with Crippen LogP contribution in [0.2, 0.25) is 0 Å². The zero-order chi connectivity index (χ0) is 6.41. The lowest BCUT2D eigenvalue weighted by atomic mass is 10.4. The normalized spacial score (nSPS) is 12.0. The fourth-order valence-electron chi connectivity index (χ4n) is 0.255. The van der Waals surface area contributed by atoms with Crippen LogP contribution in [0.25, 0.3) is 0 Å². The van der Waals surface area contributed by atoms with Crippen molar-refractivity contribution in [3.05, 3.63) is 0 Å². The Kier molecular flexibility index (Phi) is 3.81. The fourth-order valence-corrected chi connectivity index (χ4v) is 0.255. The summed E-state index contributed by atoms with van der Waals surface area (Å²) >= 11 is 0. The highest BCUT2D eigenvalue weighted by atomic mass is 16.1. The number of rotatable bonds is 3. The molecule has 1 atom stereocenters. The summed E-state index contributed by atoms with van der Waals surface area (Å²) in [5.41, 5.74) is 0. The van der Waals surface area contributed by atoms with Gasteiger partial charge in [0.25, 0.3) is 0 Å². The molecule has 0 aliphatic heterocycles. The van der Waals surface area contributed by atoms with E-state index in [4.69, 9.17) is 5.26 Å². The second kappa shape index (κ2) is 4.28. The third kappa shape index (κ3) is 3.32. The van der Waals surface area contributed by atoms with Gasteiger partial charge >= 0.3 is 0 Å². The summed E-state index contributed by atoms with van der Waals surface area (Å²) in [6.07, 6.45) is 0.761. The average molecular weight is 112 g/mol. The van der Waals surface area contributed by atoms with Gasteiger partial charge in [0.1, 0.15) is 6.29 Å². The van der Waals surface area contributed by atoms with Crippen molar-refractivity contribution < 1.29 is 4.79 Å². The van der Waals surface area contributed by atoms with Gasteiger partial charge in [-0.2, -0.15) is 5.26 Å². The van der Waals surface area contributed by atoms with Gasteiger partial charge in [-0.25, -0.2) is 0 Å². The molecule has 0 radical (unpaired) electrons. The van der Waals surface area contributed by atoms with Gasteiger partial charge in [0.2, 0.25) is 0 Å². The first-order valence-electron chi connectivity index (χ1n) is 2.37. The molecule has 1 N–H and O–H groups in total. The predicted molar refractivity (Wildman–Crippen MR) is 29.1 cm³/mol. The van der Waals surface area contributed by atoms with E-state index in [1.54, 1.807) is 6.92 Å². The van der Waals surface area contributed by atoms with Crippen LogP contribution in [0, 0.1) is 11.3 Å². The summed E-state index contributed by atoms with van der Waals surface area (Å²) in [5, 5.41) is 10.6. The topological polar surface area (TPSA) is 52.9 Å². The number of hydrogen-bond donors (Lipinski definition) is 1. The van der Waals surface area contributed by atoms with Gasteiger partial charge < -0.3 is 4.79 Å². The van der Waals surface area contributed by atoms with E-state index >= 15 is 0 Å². The van der Waals surface area contributed by atoms with E-state index in [2.05, 4.69) is 5.32 Å². The Morgan fingerprint density at radius 2 is 2.62 bits per heavy atom. The number of nitrogens with one attached hydrogen (secondary N) is 1. The van der Waals surface area contributed by atoms with Gasteiger partial charge in [-0.05, 0) is 6.92 Å². The molecule has 0 aromatic carbocycles. The first-order valence-corrected chi connectivity index (χ1v) is 2.37. The molecule has 3 heteroatoms. The quantitative estimate of drug-likeness (QED) is 0.402. The van der Waals surface area contributed by atoms with E-state index in [9.17, 15) is 4.79 Å². The SMILES string of the molecule is C[C@@H](C=O)NCC#N. The number of carbonyl (C=O) groups is 1. The van der Waals surface area contributed by atoms with Gasteiger partial charge in [0.15, 0.2) is 0 Å². The molecular formula is C5H8N2O. The molecule has 0 aromatic heterocycles. The summed E-state index contributed by atoms with van der Waals surface area (Å²) in [4.78, 5) is 9.84.